The number of rotatable bonds is 4. The summed E-state index contributed by atoms with van der Waals surface area (Å²) in [7, 11) is 0. The third-order valence-electron chi connectivity index (χ3n) is 1.93. The van der Waals surface area contributed by atoms with Gasteiger partial charge in [-0.05, 0) is 24.1 Å². The van der Waals surface area contributed by atoms with Crippen LogP contribution in [0.25, 0.3) is 0 Å². The third kappa shape index (κ3) is 3.90. The minimum Gasteiger partial charge on any atom is -0.385 e. The number of pyridine rings is 1. The van der Waals surface area contributed by atoms with Crippen LogP contribution < -0.4 is 11.1 Å². The third-order valence-corrected chi connectivity index (χ3v) is 2.16. The van der Waals surface area contributed by atoms with E-state index in [9.17, 15) is 0 Å². The first-order valence-electron chi connectivity index (χ1n) is 4.93. The number of hydrogen-bond donors (Lipinski definition) is 3. The van der Waals surface area contributed by atoms with Crippen molar-refractivity contribution in [3.8, 4) is 0 Å². The van der Waals surface area contributed by atoms with Crippen molar-refractivity contribution >= 4 is 23.1 Å². The molecule has 1 rings (SSSR count). The number of hydrogen-bond acceptors (Lipinski definition) is 4. The Labute approximate surface area is 100 Å². The molecule has 0 atom stereocenters. The van der Waals surface area contributed by atoms with E-state index >= 15 is 0 Å². The molecule has 0 aliphatic rings. The monoisotopic (exact) mass is 238 g/mol. The molecular formula is C11H15ClN4. The van der Waals surface area contributed by atoms with E-state index in [0.717, 1.165) is 0 Å². The smallest absolute Gasteiger partial charge is 0.132 e. The Hall–Kier alpha value is -1.55. The summed E-state index contributed by atoms with van der Waals surface area (Å²) in [4.78, 5) is 4.04. The van der Waals surface area contributed by atoms with Crippen molar-refractivity contribution in [3.63, 3.8) is 0 Å². The molecule has 0 saturated heterocycles. The second-order valence-electron chi connectivity index (χ2n) is 3.69. The highest BCUT2D eigenvalue weighted by atomic mass is 35.5. The summed E-state index contributed by atoms with van der Waals surface area (Å²) >= 11 is 5.80. The standard InChI is InChI=1S/C11H15ClN4/c1-7(2)9(13)6-10(14)16-11-5-8(12)3-4-15-11/h3-7,13H,14H2,1-2H3,(H,15,16)/b10-6-,13-9?. The van der Waals surface area contributed by atoms with Crippen molar-refractivity contribution in [2.45, 2.75) is 13.8 Å². The molecule has 4 nitrogen and oxygen atoms in total. The summed E-state index contributed by atoms with van der Waals surface area (Å²) in [5.41, 5.74) is 6.19. The van der Waals surface area contributed by atoms with Gasteiger partial charge in [-0.15, -0.1) is 0 Å². The van der Waals surface area contributed by atoms with Gasteiger partial charge in [-0.25, -0.2) is 4.98 Å². The first-order chi connectivity index (χ1) is 7.49. The summed E-state index contributed by atoms with van der Waals surface area (Å²) in [5, 5.41) is 11.1. The largest absolute Gasteiger partial charge is 0.385 e. The Kier molecular flexibility index (Phi) is 4.31. The van der Waals surface area contributed by atoms with Gasteiger partial charge in [0, 0.05) is 16.9 Å². The number of nitrogens with zero attached hydrogens (tertiary/aromatic N) is 1. The van der Waals surface area contributed by atoms with E-state index in [2.05, 4.69) is 10.3 Å². The number of nitrogens with one attached hydrogen (secondary N) is 2. The molecule has 0 aliphatic carbocycles. The van der Waals surface area contributed by atoms with Crippen LogP contribution in [0.3, 0.4) is 0 Å². The van der Waals surface area contributed by atoms with Gasteiger partial charge in [0.15, 0.2) is 0 Å². The second kappa shape index (κ2) is 5.51. The Morgan fingerprint density at radius 2 is 2.31 bits per heavy atom. The Morgan fingerprint density at radius 1 is 1.62 bits per heavy atom. The lowest BCUT2D eigenvalue weighted by atomic mass is 10.1. The van der Waals surface area contributed by atoms with Crippen LogP contribution in [0, 0.1) is 11.3 Å². The topological polar surface area (TPSA) is 74.8 Å². The van der Waals surface area contributed by atoms with Crippen LogP contribution in [0.2, 0.25) is 5.02 Å². The summed E-state index contributed by atoms with van der Waals surface area (Å²) < 4.78 is 0. The number of halogens is 1. The lowest BCUT2D eigenvalue weighted by Gasteiger charge is -2.07. The number of allylic oxidation sites excluding steroid dienone is 1. The highest BCUT2D eigenvalue weighted by Gasteiger charge is 2.01. The fourth-order valence-corrected chi connectivity index (χ4v) is 1.15. The molecule has 0 unspecified atom stereocenters. The number of anilines is 1. The molecule has 0 saturated carbocycles. The molecule has 0 radical (unpaired) electrons. The molecule has 4 N–H and O–H groups in total. The van der Waals surface area contributed by atoms with Crippen molar-refractivity contribution in [3.05, 3.63) is 35.2 Å². The van der Waals surface area contributed by atoms with E-state index in [1.807, 2.05) is 13.8 Å². The maximum Gasteiger partial charge on any atom is 0.132 e. The zero-order valence-corrected chi connectivity index (χ0v) is 10.0. The quantitative estimate of drug-likeness (QED) is 0.706. The summed E-state index contributed by atoms with van der Waals surface area (Å²) in [6.45, 7) is 3.87. The molecule has 5 heteroatoms. The maximum absolute atomic E-state index is 7.64. The summed E-state index contributed by atoms with van der Waals surface area (Å²) in [5.74, 6) is 1.10. The maximum atomic E-state index is 7.64. The number of nitrogens with two attached hydrogens (primary N) is 1. The fraction of sp³-hybridized carbons (Fsp3) is 0.273. The van der Waals surface area contributed by atoms with Gasteiger partial charge in [0.25, 0.3) is 0 Å². The van der Waals surface area contributed by atoms with Gasteiger partial charge in [0.05, 0.1) is 0 Å². The first-order valence-corrected chi connectivity index (χ1v) is 5.31. The molecule has 0 bridgehead atoms. The van der Waals surface area contributed by atoms with Crippen molar-refractivity contribution in [1.82, 2.24) is 4.98 Å². The lowest BCUT2D eigenvalue weighted by Crippen LogP contribution is -2.14. The van der Waals surface area contributed by atoms with Crippen LogP contribution in [0.4, 0.5) is 5.82 Å². The van der Waals surface area contributed by atoms with E-state index < -0.39 is 0 Å². The van der Waals surface area contributed by atoms with Crippen LogP contribution in [-0.2, 0) is 0 Å². The molecule has 0 amide bonds. The van der Waals surface area contributed by atoms with Crippen molar-refractivity contribution in [1.29, 1.82) is 5.41 Å². The molecule has 0 spiro atoms. The van der Waals surface area contributed by atoms with Crippen molar-refractivity contribution in [2.75, 3.05) is 5.32 Å². The predicted octanol–water partition coefficient (Wildman–Crippen LogP) is 2.62. The van der Waals surface area contributed by atoms with Gasteiger partial charge in [-0.3, -0.25) is 0 Å². The van der Waals surface area contributed by atoms with Crippen molar-refractivity contribution in [2.24, 2.45) is 11.7 Å². The predicted molar refractivity (Wildman–Crippen MR) is 67.7 cm³/mol. The zero-order valence-electron chi connectivity index (χ0n) is 9.29. The van der Waals surface area contributed by atoms with Crippen LogP contribution in [-0.4, -0.2) is 10.7 Å². The van der Waals surface area contributed by atoms with E-state index in [1.54, 1.807) is 24.4 Å². The first kappa shape index (κ1) is 12.5. The molecular weight excluding hydrogens is 224 g/mol. The van der Waals surface area contributed by atoms with E-state index in [0.29, 0.717) is 22.4 Å². The van der Waals surface area contributed by atoms with Gasteiger partial charge in [-0.2, -0.15) is 0 Å². The molecule has 86 valence electrons. The SMILES string of the molecule is CC(C)C(=N)/C=C(/N)Nc1cc(Cl)ccn1. The lowest BCUT2D eigenvalue weighted by molar-refractivity contribution is 0.880. The molecule has 0 fully saturated rings. The van der Waals surface area contributed by atoms with E-state index in [-0.39, 0.29) is 5.92 Å². The minimum atomic E-state index is 0.146. The van der Waals surface area contributed by atoms with Gasteiger partial charge >= 0.3 is 0 Å². The second-order valence-corrected chi connectivity index (χ2v) is 4.13. The molecule has 0 aromatic carbocycles. The van der Waals surface area contributed by atoms with Crippen LogP contribution in [0.15, 0.2) is 30.2 Å². The van der Waals surface area contributed by atoms with E-state index in [1.165, 1.54) is 0 Å². The van der Waals surface area contributed by atoms with Gasteiger partial charge in [0.2, 0.25) is 0 Å². The van der Waals surface area contributed by atoms with Crippen LogP contribution in [0.1, 0.15) is 13.8 Å². The van der Waals surface area contributed by atoms with Gasteiger partial charge in [-0.1, -0.05) is 25.4 Å². The van der Waals surface area contributed by atoms with Gasteiger partial charge in [0.1, 0.15) is 11.6 Å². The fourth-order valence-electron chi connectivity index (χ4n) is 0.991. The average molecular weight is 239 g/mol. The van der Waals surface area contributed by atoms with Crippen LogP contribution >= 0.6 is 11.6 Å². The molecule has 1 aromatic rings. The molecule has 0 aliphatic heterocycles. The van der Waals surface area contributed by atoms with Crippen molar-refractivity contribution < 1.29 is 0 Å². The summed E-state index contributed by atoms with van der Waals surface area (Å²) in [6, 6.07) is 3.35. The highest BCUT2D eigenvalue weighted by Crippen LogP contribution is 2.12. The van der Waals surface area contributed by atoms with Crippen LogP contribution in [0.5, 0.6) is 0 Å². The molecule has 16 heavy (non-hydrogen) atoms. The minimum absolute atomic E-state index is 0.146. The Morgan fingerprint density at radius 3 is 2.88 bits per heavy atom. The zero-order chi connectivity index (χ0) is 12.1. The van der Waals surface area contributed by atoms with Gasteiger partial charge < -0.3 is 16.5 Å². The summed E-state index contributed by atoms with van der Waals surface area (Å²) in [6.07, 6.45) is 3.17. The molecule has 1 heterocycles. The highest BCUT2D eigenvalue weighted by molar-refractivity contribution is 6.30. The average Bonchev–Trinajstić information content (AvgIpc) is 2.16. The molecule has 1 aromatic heterocycles. The number of aromatic nitrogens is 1. The van der Waals surface area contributed by atoms with E-state index in [4.69, 9.17) is 22.7 Å². The Bertz CT molecular complexity index is 412. The normalized spacial score (nSPS) is 11.6. The Balaban J connectivity index is 2.71.